The zero-order valence-corrected chi connectivity index (χ0v) is 11.4. The van der Waals surface area contributed by atoms with E-state index in [4.69, 9.17) is 5.11 Å². The van der Waals surface area contributed by atoms with Gasteiger partial charge in [0, 0.05) is 5.97 Å². The lowest BCUT2D eigenvalue weighted by atomic mass is 10.1. The van der Waals surface area contributed by atoms with Crippen molar-refractivity contribution in [1.82, 2.24) is 12.3 Å². The summed E-state index contributed by atoms with van der Waals surface area (Å²) in [5.74, 6) is -0.916. The summed E-state index contributed by atoms with van der Waals surface area (Å²) in [5.41, 5.74) is 0. The fourth-order valence-electron chi connectivity index (χ4n) is 1.05. The molecule has 0 radical (unpaired) electrons. The smallest absolute Gasteiger partial charge is 0.0414 e. The Labute approximate surface area is 99.4 Å². The monoisotopic (exact) mass is 238 g/mol. The maximum atomic E-state index is 9.98. The zero-order valence-electron chi connectivity index (χ0n) is 11.4. The molecule has 102 valence electrons. The van der Waals surface area contributed by atoms with Crippen molar-refractivity contribution >= 4 is 5.97 Å². The van der Waals surface area contributed by atoms with Gasteiger partial charge in [0.05, 0.1) is 0 Å². The summed E-state index contributed by atoms with van der Waals surface area (Å²) >= 11 is 0. The van der Waals surface area contributed by atoms with Gasteiger partial charge in [0.1, 0.15) is 0 Å². The molecule has 0 aliphatic carbocycles. The highest BCUT2D eigenvalue weighted by atomic mass is 16.4. The minimum absolute atomic E-state index is 0. The maximum Gasteiger partial charge on any atom is 0.0414 e. The van der Waals surface area contributed by atoms with E-state index in [-0.39, 0.29) is 25.3 Å². The number of hydrogen-bond acceptors (Lipinski definition) is 3. The van der Waals surface area contributed by atoms with Gasteiger partial charge in [0.25, 0.3) is 0 Å². The first-order valence-corrected chi connectivity index (χ1v) is 5.46. The second-order valence-corrected chi connectivity index (χ2v) is 3.18. The Morgan fingerprint density at radius 2 is 1.31 bits per heavy atom. The number of carboxylic acid groups (broad SMARTS) is 1. The Hall–Kier alpha value is -0.650. The third-order valence-corrected chi connectivity index (χ3v) is 1.73. The van der Waals surface area contributed by atoms with Crippen LogP contribution in [0, 0.1) is 0 Å². The highest BCUT2D eigenvalue weighted by Gasteiger charge is 1.89. The molecule has 0 fully saturated rings. The van der Waals surface area contributed by atoms with Crippen LogP contribution < -0.4 is 22.5 Å². The Bertz CT molecular complexity index is 122. The van der Waals surface area contributed by atoms with Crippen LogP contribution >= 0.6 is 0 Å². The first kappa shape index (κ1) is 24.5. The first-order valence-electron chi connectivity index (χ1n) is 5.46. The molecule has 5 nitrogen and oxygen atoms in total. The van der Waals surface area contributed by atoms with E-state index >= 15 is 0 Å². The van der Waals surface area contributed by atoms with Gasteiger partial charge in [-0.05, 0) is 12.8 Å². The molecule has 0 aromatic carbocycles. The number of carbonyl (C=O) groups excluding carboxylic acids is 1. The van der Waals surface area contributed by atoms with Crippen molar-refractivity contribution in [3.63, 3.8) is 0 Å². The summed E-state index contributed by atoms with van der Waals surface area (Å²) in [6.07, 6.45) is 6.96. The van der Waals surface area contributed by atoms with E-state index in [0.29, 0.717) is 0 Å². The molecule has 5 heteroatoms. The molecule has 0 unspecified atom stereocenters. The van der Waals surface area contributed by atoms with Gasteiger partial charge in [-0.1, -0.05) is 46.0 Å². The minimum Gasteiger partial charge on any atom is -0.855 e. The molecule has 16 heavy (non-hydrogen) atoms. The molecule has 0 aromatic heterocycles. The van der Waals surface area contributed by atoms with Gasteiger partial charge in [-0.15, -0.1) is 6.61 Å². The standard InChI is InChI=1S/C9H18O2.C2H5O.2H3N/c1-2-3-4-5-6-7-8-9(10)11;1-2-3;;/h2-8H2,1H3,(H,10,11);2H2,1H3;2*1H3/q;-1;;/p+1. The molecule has 0 aliphatic heterocycles. The summed E-state index contributed by atoms with van der Waals surface area (Å²) in [6, 6.07) is 0. The number of rotatable bonds is 7. The van der Waals surface area contributed by atoms with Gasteiger partial charge >= 0.3 is 0 Å². The van der Waals surface area contributed by atoms with Crippen molar-refractivity contribution in [2.75, 3.05) is 6.61 Å². The van der Waals surface area contributed by atoms with E-state index in [0.717, 1.165) is 12.8 Å². The lowest BCUT2D eigenvalue weighted by Gasteiger charge is -2.00. The summed E-state index contributed by atoms with van der Waals surface area (Å²) in [6.45, 7) is 3.74. The van der Waals surface area contributed by atoms with Gasteiger partial charge in [-0.2, -0.15) is 0 Å². The van der Waals surface area contributed by atoms with E-state index < -0.39 is 5.97 Å². The summed E-state index contributed by atoms with van der Waals surface area (Å²) < 4.78 is 0. The molecule has 0 rings (SSSR count). The Kier molecular flexibility index (Phi) is 36.6. The van der Waals surface area contributed by atoms with E-state index in [2.05, 4.69) is 6.92 Å². The number of unbranched alkanes of at least 4 members (excludes halogenated alkanes) is 5. The van der Waals surface area contributed by atoms with Crippen LogP contribution in [0.4, 0.5) is 0 Å². The topological polar surface area (TPSA) is 136 Å². The molecular formula is C11H30N2O3. The van der Waals surface area contributed by atoms with Gasteiger partial charge in [0.2, 0.25) is 0 Å². The molecular weight excluding hydrogens is 208 g/mol. The van der Waals surface area contributed by atoms with Crippen molar-refractivity contribution in [3.05, 3.63) is 0 Å². The van der Waals surface area contributed by atoms with Gasteiger partial charge < -0.3 is 27.3 Å². The third kappa shape index (κ3) is 37.7. The average Bonchev–Trinajstić information content (AvgIpc) is 2.12. The van der Waals surface area contributed by atoms with Crippen LogP contribution in [0.1, 0.15) is 58.8 Å². The zero-order chi connectivity index (χ0) is 11.2. The summed E-state index contributed by atoms with van der Waals surface area (Å²) in [4.78, 5) is 9.98. The second kappa shape index (κ2) is 23.9. The maximum absolute atomic E-state index is 9.98. The van der Waals surface area contributed by atoms with Crippen molar-refractivity contribution in [3.8, 4) is 0 Å². The van der Waals surface area contributed by atoms with Crippen molar-refractivity contribution < 1.29 is 15.0 Å². The Balaban J connectivity index is -0.000000129. The SMILES string of the molecule is CCCCCCCCC(=O)[O-].CC[O-].[NH4+].[NH4+]. The first-order chi connectivity index (χ1) is 6.68. The van der Waals surface area contributed by atoms with E-state index in [1.54, 1.807) is 6.92 Å². The van der Waals surface area contributed by atoms with Crippen LogP contribution in [0.5, 0.6) is 0 Å². The molecule has 0 saturated heterocycles. The highest BCUT2D eigenvalue weighted by Crippen LogP contribution is 2.05. The number of carboxylic acids is 1. The fourth-order valence-corrected chi connectivity index (χ4v) is 1.05. The van der Waals surface area contributed by atoms with Crippen LogP contribution in [0.25, 0.3) is 0 Å². The predicted octanol–water partition coefficient (Wildman–Crippen LogP) is 1.61. The summed E-state index contributed by atoms with van der Waals surface area (Å²) in [5, 5.41) is 18.9. The minimum atomic E-state index is -0.916. The normalized spacial score (nSPS) is 7.94. The van der Waals surface area contributed by atoms with E-state index in [1.165, 1.54) is 25.7 Å². The van der Waals surface area contributed by atoms with Crippen LogP contribution in [0.15, 0.2) is 0 Å². The van der Waals surface area contributed by atoms with Gasteiger partial charge in [0.15, 0.2) is 0 Å². The fraction of sp³-hybridized carbons (Fsp3) is 0.909. The number of quaternary nitrogens is 2. The highest BCUT2D eigenvalue weighted by molar-refractivity contribution is 5.63. The van der Waals surface area contributed by atoms with Crippen molar-refractivity contribution in [2.24, 2.45) is 0 Å². The third-order valence-electron chi connectivity index (χ3n) is 1.73. The van der Waals surface area contributed by atoms with Gasteiger partial charge in [-0.25, -0.2) is 0 Å². The van der Waals surface area contributed by atoms with Crippen molar-refractivity contribution in [2.45, 2.75) is 58.8 Å². The molecule has 0 heterocycles. The molecule has 0 bridgehead atoms. The average molecular weight is 238 g/mol. The largest absolute Gasteiger partial charge is 0.855 e. The Morgan fingerprint density at radius 3 is 1.69 bits per heavy atom. The Morgan fingerprint density at radius 1 is 0.938 bits per heavy atom. The quantitative estimate of drug-likeness (QED) is 0.651. The molecule has 0 saturated carbocycles. The number of carbonyl (C=O) groups is 1. The van der Waals surface area contributed by atoms with Crippen LogP contribution in [0.3, 0.4) is 0 Å². The lowest BCUT2D eigenvalue weighted by Crippen LogP contribution is -2.21. The van der Waals surface area contributed by atoms with Crippen molar-refractivity contribution in [1.29, 1.82) is 0 Å². The molecule has 0 atom stereocenters. The number of hydrogen-bond donors (Lipinski definition) is 2. The van der Waals surface area contributed by atoms with E-state index in [9.17, 15) is 9.90 Å². The lowest BCUT2D eigenvalue weighted by molar-refractivity contribution is -0.361. The molecule has 0 spiro atoms. The van der Waals surface area contributed by atoms with Gasteiger partial charge in [-0.3, -0.25) is 0 Å². The van der Waals surface area contributed by atoms with Crippen LogP contribution in [-0.2, 0) is 4.79 Å². The molecule has 0 aromatic rings. The molecule has 8 N–H and O–H groups in total. The van der Waals surface area contributed by atoms with E-state index in [1.807, 2.05) is 0 Å². The molecule has 0 amide bonds. The number of aliphatic carboxylic acids is 1. The van der Waals surface area contributed by atoms with Crippen LogP contribution in [0.2, 0.25) is 0 Å². The summed E-state index contributed by atoms with van der Waals surface area (Å²) in [7, 11) is 0. The van der Waals surface area contributed by atoms with Crippen LogP contribution in [-0.4, -0.2) is 12.6 Å². The second-order valence-electron chi connectivity index (χ2n) is 3.18. The molecule has 0 aliphatic rings. The predicted molar refractivity (Wildman–Crippen MR) is 65.5 cm³/mol.